The zero-order chi connectivity index (χ0) is 19.0. The maximum atomic E-state index is 12.7. The molecule has 0 saturated heterocycles. The lowest BCUT2D eigenvalue weighted by molar-refractivity contribution is -0.144. The lowest BCUT2D eigenvalue weighted by Gasteiger charge is -2.09. The second kappa shape index (κ2) is 9.51. The Labute approximate surface area is 155 Å². The second-order valence-corrected chi connectivity index (χ2v) is 7.24. The maximum absolute atomic E-state index is 12.7. The van der Waals surface area contributed by atoms with Crippen molar-refractivity contribution in [2.75, 3.05) is 19.8 Å². The summed E-state index contributed by atoms with van der Waals surface area (Å²) in [6.45, 7) is -0.0264. The Kier molecular flexibility index (Phi) is 7.38. The fourth-order valence-corrected chi connectivity index (χ4v) is 3.50. The second-order valence-electron chi connectivity index (χ2n) is 5.10. The van der Waals surface area contributed by atoms with Crippen molar-refractivity contribution in [2.45, 2.75) is 11.3 Å². The Hall–Kier alpha value is -2.16. The maximum Gasteiger partial charge on any atom is 0.307 e. The fourth-order valence-electron chi connectivity index (χ4n) is 1.95. The number of hydrogen-bond acceptors (Lipinski definition) is 5. The normalized spacial score (nSPS) is 11.2. The van der Waals surface area contributed by atoms with E-state index < -0.39 is 16.0 Å². The van der Waals surface area contributed by atoms with Crippen molar-refractivity contribution < 1.29 is 27.1 Å². The Morgan fingerprint density at radius 2 is 1.77 bits per heavy atom. The molecule has 0 saturated carbocycles. The standard InChI is InChI=1S/C17H17ClFNO5S/c18-15-3-1-2-4-16(15)26(22,23)20-10-9-17(21)25-12-11-24-14-7-5-13(19)6-8-14/h1-8,20H,9-12H2. The van der Waals surface area contributed by atoms with Crippen LogP contribution in [0.15, 0.2) is 53.4 Å². The minimum atomic E-state index is -3.80. The first kappa shape index (κ1) is 20.2. The van der Waals surface area contributed by atoms with Gasteiger partial charge >= 0.3 is 5.97 Å². The van der Waals surface area contributed by atoms with E-state index in [-0.39, 0.29) is 41.9 Å². The zero-order valence-corrected chi connectivity index (χ0v) is 15.2. The van der Waals surface area contributed by atoms with E-state index in [1.165, 1.54) is 36.4 Å². The highest BCUT2D eigenvalue weighted by atomic mass is 35.5. The Morgan fingerprint density at radius 3 is 2.46 bits per heavy atom. The van der Waals surface area contributed by atoms with Gasteiger partial charge in [0, 0.05) is 6.54 Å². The summed E-state index contributed by atoms with van der Waals surface area (Å²) in [7, 11) is -3.80. The summed E-state index contributed by atoms with van der Waals surface area (Å²) in [6.07, 6.45) is -0.139. The van der Waals surface area contributed by atoms with E-state index in [0.717, 1.165) is 0 Å². The van der Waals surface area contributed by atoms with Gasteiger partial charge in [-0.05, 0) is 36.4 Å². The number of sulfonamides is 1. The van der Waals surface area contributed by atoms with Crippen molar-refractivity contribution >= 4 is 27.6 Å². The van der Waals surface area contributed by atoms with Crippen LogP contribution in [0.1, 0.15) is 6.42 Å². The van der Waals surface area contributed by atoms with Crippen LogP contribution in [0, 0.1) is 5.82 Å². The average Bonchev–Trinajstić information content (AvgIpc) is 2.60. The largest absolute Gasteiger partial charge is 0.490 e. The third kappa shape index (κ3) is 6.29. The van der Waals surface area contributed by atoms with Crippen molar-refractivity contribution in [2.24, 2.45) is 0 Å². The number of carbonyl (C=O) groups is 1. The van der Waals surface area contributed by atoms with Crippen molar-refractivity contribution in [1.82, 2.24) is 4.72 Å². The number of esters is 1. The average molecular weight is 402 g/mol. The predicted molar refractivity (Wildman–Crippen MR) is 94.1 cm³/mol. The number of hydrogen-bond donors (Lipinski definition) is 1. The topological polar surface area (TPSA) is 81.7 Å². The first-order valence-corrected chi connectivity index (χ1v) is 9.53. The minimum absolute atomic E-state index is 0.00648. The molecule has 0 radical (unpaired) electrons. The van der Waals surface area contributed by atoms with Gasteiger partial charge in [-0.1, -0.05) is 23.7 Å². The number of halogens is 2. The Bertz CT molecular complexity index is 842. The van der Waals surface area contributed by atoms with Crippen molar-refractivity contribution in [1.29, 1.82) is 0 Å². The molecule has 2 aromatic rings. The summed E-state index contributed by atoms with van der Waals surface area (Å²) in [6, 6.07) is 11.4. The monoisotopic (exact) mass is 401 g/mol. The molecule has 0 spiro atoms. The van der Waals surface area contributed by atoms with E-state index in [1.807, 2.05) is 0 Å². The smallest absolute Gasteiger partial charge is 0.307 e. The van der Waals surface area contributed by atoms with E-state index >= 15 is 0 Å². The van der Waals surface area contributed by atoms with Crippen molar-refractivity contribution in [3.05, 3.63) is 59.4 Å². The number of carbonyl (C=O) groups excluding carboxylic acids is 1. The van der Waals surface area contributed by atoms with E-state index in [4.69, 9.17) is 21.1 Å². The van der Waals surface area contributed by atoms with Gasteiger partial charge in [-0.25, -0.2) is 17.5 Å². The van der Waals surface area contributed by atoms with E-state index in [2.05, 4.69) is 4.72 Å². The minimum Gasteiger partial charge on any atom is -0.490 e. The van der Waals surface area contributed by atoms with Crippen molar-refractivity contribution in [3.8, 4) is 5.75 Å². The van der Waals surface area contributed by atoms with E-state index in [9.17, 15) is 17.6 Å². The first-order valence-electron chi connectivity index (χ1n) is 7.67. The van der Waals surface area contributed by atoms with Crippen LogP contribution in [0.5, 0.6) is 5.75 Å². The molecule has 0 aliphatic rings. The molecule has 0 aliphatic carbocycles. The lowest BCUT2D eigenvalue weighted by Crippen LogP contribution is -2.27. The van der Waals surface area contributed by atoms with Crippen LogP contribution in [0.2, 0.25) is 5.02 Å². The number of benzene rings is 2. The number of ether oxygens (including phenoxy) is 2. The quantitative estimate of drug-likeness (QED) is 0.516. The van der Waals surface area contributed by atoms with Crippen LogP contribution >= 0.6 is 11.6 Å². The van der Waals surface area contributed by atoms with Gasteiger partial charge in [-0.3, -0.25) is 4.79 Å². The Balaban J connectivity index is 1.67. The van der Waals surface area contributed by atoms with E-state index in [1.54, 1.807) is 12.1 Å². The number of rotatable bonds is 9. The molecule has 26 heavy (non-hydrogen) atoms. The molecule has 0 bridgehead atoms. The van der Waals surface area contributed by atoms with Crippen LogP contribution in [0.25, 0.3) is 0 Å². The van der Waals surface area contributed by atoms with Gasteiger partial charge in [0.25, 0.3) is 0 Å². The van der Waals surface area contributed by atoms with Gasteiger partial charge in [0.2, 0.25) is 10.0 Å². The van der Waals surface area contributed by atoms with Gasteiger partial charge in [0.15, 0.2) is 0 Å². The van der Waals surface area contributed by atoms with Crippen LogP contribution in [-0.2, 0) is 19.6 Å². The molecular formula is C17H17ClFNO5S. The summed E-state index contributed by atoms with van der Waals surface area (Å²) in [5, 5.41) is 0.0977. The molecule has 0 atom stereocenters. The van der Waals surface area contributed by atoms with Crippen LogP contribution in [0.3, 0.4) is 0 Å². The zero-order valence-electron chi connectivity index (χ0n) is 13.7. The summed E-state index contributed by atoms with van der Waals surface area (Å²) >= 11 is 5.85. The summed E-state index contributed by atoms with van der Waals surface area (Å²) in [5.74, 6) is -0.493. The van der Waals surface area contributed by atoms with Gasteiger partial charge in [0.05, 0.1) is 11.4 Å². The first-order chi connectivity index (χ1) is 12.4. The van der Waals surface area contributed by atoms with Crippen LogP contribution in [-0.4, -0.2) is 34.1 Å². The van der Waals surface area contributed by atoms with Gasteiger partial charge in [-0.2, -0.15) is 0 Å². The molecule has 0 heterocycles. The lowest BCUT2D eigenvalue weighted by atomic mass is 10.3. The Morgan fingerprint density at radius 1 is 1.08 bits per heavy atom. The molecule has 2 rings (SSSR count). The number of nitrogens with one attached hydrogen (secondary N) is 1. The van der Waals surface area contributed by atoms with E-state index in [0.29, 0.717) is 5.75 Å². The third-order valence-corrected chi connectivity index (χ3v) is 5.14. The molecule has 1 N–H and O–H groups in total. The van der Waals surface area contributed by atoms with Gasteiger partial charge in [0.1, 0.15) is 29.7 Å². The highest BCUT2D eigenvalue weighted by Crippen LogP contribution is 2.19. The molecule has 140 valence electrons. The third-order valence-electron chi connectivity index (χ3n) is 3.18. The molecule has 6 nitrogen and oxygen atoms in total. The molecule has 9 heteroatoms. The molecule has 0 amide bonds. The van der Waals surface area contributed by atoms with Crippen LogP contribution in [0.4, 0.5) is 4.39 Å². The summed E-state index contributed by atoms with van der Waals surface area (Å²) in [4.78, 5) is 11.5. The summed E-state index contributed by atoms with van der Waals surface area (Å²) < 4.78 is 49.4. The fraction of sp³-hybridized carbons (Fsp3) is 0.235. The molecule has 0 aliphatic heterocycles. The summed E-state index contributed by atoms with van der Waals surface area (Å²) in [5.41, 5.74) is 0. The molecule has 0 aromatic heterocycles. The molecular weight excluding hydrogens is 385 g/mol. The highest BCUT2D eigenvalue weighted by molar-refractivity contribution is 7.89. The molecule has 0 fully saturated rings. The molecule has 2 aromatic carbocycles. The molecule has 0 unspecified atom stereocenters. The van der Waals surface area contributed by atoms with Crippen LogP contribution < -0.4 is 9.46 Å². The SMILES string of the molecule is O=C(CCNS(=O)(=O)c1ccccc1Cl)OCCOc1ccc(F)cc1. The van der Waals surface area contributed by atoms with Gasteiger partial charge in [-0.15, -0.1) is 0 Å². The highest BCUT2D eigenvalue weighted by Gasteiger charge is 2.17. The van der Waals surface area contributed by atoms with Crippen molar-refractivity contribution in [3.63, 3.8) is 0 Å². The van der Waals surface area contributed by atoms with Gasteiger partial charge < -0.3 is 9.47 Å². The predicted octanol–water partition coefficient (Wildman–Crippen LogP) is 2.77.